The highest BCUT2D eigenvalue weighted by Gasteiger charge is 2.36. The van der Waals surface area contributed by atoms with Crippen molar-refractivity contribution in [2.75, 3.05) is 49.6 Å². The van der Waals surface area contributed by atoms with Crippen molar-refractivity contribution in [3.8, 4) is 17.7 Å². The van der Waals surface area contributed by atoms with Crippen LogP contribution in [-0.4, -0.2) is 72.9 Å². The first kappa shape index (κ1) is 26.9. The summed E-state index contributed by atoms with van der Waals surface area (Å²) in [6, 6.07) is 15.6. The number of phenols is 1. The number of benzene rings is 2. The molecule has 4 aliphatic heterocycles. The van der Waals surface area contributed by atoms with Gasteiger partial charge in [-0.2, -0.15) is 10.2 Å². The fourth-order valence-electron chi connectivity index (χ4n) is 7.15. The second kappa shape index (κ2) is 11.0. The molecule has 2 aromatic carbocycles. The van der Waals surface area contributed by atoms with E-state index < -0.39 is 0 Å². The number of nitriles is 1. The number of hydrogen-bond acceptors (Lipinski definition) is 8. The summed E-state index contributed by atoms with van der Waals surface area (Å²) in [6.07, 6.45) is 5.48. The Labute approximate surface area is 241 Å². The van der Waals surface area contributed by atoms with Crippen LogP contribution >= 0.6 is 12.4 Å². The van der Waals surface area contributed by atoms with Gasteiger partial charge in [-0.1, -0.05) is 24.3 Å². The Hall–Kier alpha value is -3.25. The van der Waals surface area contributed by atoms with Crippen LogP contribution in [0.1, 0.15) is 42.4 Å². The van der Waals surface area contributed by atoms with E-state index in [1.807, 2.05) is 30.3 Å². The van der Waals surface area contributed by atoms with Gasteiger partial charge in [-0.25, -0.2) is 0 Å². The van der Waals surface area contributed by atoms with Crippen LogP contribution in [0.5, 0.6) is 11.6 Å². The Morgan fingerprint density at radius 2 is 1.88 bits per heavy atom. The molecule has 8 nitrogen and oxygen atoms in total. The van der Waals surface area contributed by atoms with Crippen molar-refractivity contribution in [1.29, 1.82) is 5.26 Å². The first-order valence-electron chi connectivity index (χ1n) is 14.3. The number of piperazine rings is 1. The number of halogens is 1. The number of likely N-dealkylation sites (tertiary alicyclic amines) is 1. The second-order valence-electron chi connectivity index (χ2n) is 11.7. The minimum absolute atomic E-state index is 0. The fraction of sp³-hybridized carbons (Fsp3) is 0.484. The Kier molecular flexibility index (Phi) is 7.39. The molecule has 7 rings (SSSR count). The quantitative estimate of drug-likeness (QED) is 0.480. The highest BCUT2D eigenvalue weighted by Crippen LogP contribution is 2.40. The minimum Gasteiger partial charge on any atom is -0.508 e. The van der Waals surface area contributed by atoms with Gasteiger partial charge in [-0.3, -0.25) is 0 Å². The summed E-state index contributed by atoms with van der Waals surface area (Å²) in [6.45, 7) is 4.88. The van der Waals surface area contributed by atoms with Crippen LogP contribution < -0.4 is 19.9 Å². The van der Waals surface area contributed by atoms with Gasteiger partial charge in [0.25, 0.3) is 0 Å². The molecule has 5 heterocycles. The van der Waals surface area contributed by atoms with Gasteiger partial charge in [-0.15, -0.1) is 12.4 Å². The number of likely N-dealkylation sites (N-methyl/N-ethyl adjacent to an activating group) is 1. The van der Waals surface area contributed by atoms with Crippen molar-refractivity contribution in [2.45, 2.75) is 56.8 Å². The zero-order valence-corrected chi connectivity index (χ0v) is 23.8. The molecule has 1 aromatic heterocycles. The van der Waals surface area contributed by atoms with E-state index in [9.17, 15) is 10.4 Å². The van der Waals surface area contributed by atoms with Crippen molar-refractivity contribution in [3.05, 3.63) is 53.1 Å². The van der Waals surface area contributed by atoms with Gasteiger partial charge in [0.05, 0.1) is 0 Å². The molecule has 3 aromatic rings. The number of nitrogens with zero attached hydrogens (tertiary/aromatic N) is 5. The van der Waals surface area contributed by atoms with E-state index >= 15 is 0 Å². The van der Waals surface area contributed by atoms with Gasteiger partial charge < -0.3 is 29.9 Å². The zero-order chi connectivity index (χ0) is 26.5. The number of aromatic hydroxyl groups is 1. The van der Waals surface area contributed by atoms with Crippen molar-refractivity contribution in [2.24, 2.45) is 0 Å². The van der Waals surface area contributed by atoms with E-state index in [4.69, 9.17) is 9.72 Å². The lowest BCUT2D eigenvalue weighted by Gasteiger charge is -2.38. The van der Waals surface area contributed by atoms with Gasteiger partial charge in [0, 0.05) is 72.6 Å². The minimum atomic E-state index is 0. The van der Waals surface area contributed by atoms with Gasteiger partial charge >= 0.3 is 0 Å². The molecule has 0 radical (unpaired) electrons. The Morgan fingerprint density at radius 3 is 2.62 bits per heavy atom. The number of phenolic OH excluding ortho intramolecular Hbond substituents is 1. The number of ether oxygens (including phenoxy) is 1. The first-order chi connectivity index (χ1) is 19.1. The number of nitrogens with one attached hydrogen (secondary N) is 1. The first-order valence-corrected chi connectivity index (χ1v) is 14.3. The third-order valence-electron chi connectivity index (χ3n) is 9.22. The summed E-state index contributed by atoms with van der Waals surface area (Å²) >= 11 is 0. The number of aromatic nitrogens is 1. The maximum atomic E-state index is 10.5. The molecule has 0 aliphatic carbocycles. The maximum absolute atomic E-state index is 10.5. The van der Waals surface area contributed by atoms with Gasteiger partial charge in [0.15, 0.2) is 0 Å². The van der Waals surface area contributed by atoms with E-state index in [-0.39, 0.29) is 18.2 Å². The molecule has 210 valence electrons. The Morgan fingerprint density at radius 1 is 1.07 bits per heavy atom. The summed E-state index contributed by atoms with van der Waals surface area (Å²) < 4.78 is 6.40. The van der Waals surface area contributed by atoms with Crippen LogP contribution in [0, 0.1) is 11.3 Å². The average Bonchev–Trinajstić information content (AvgIpc) is 3.53. The summed E-state index contributed by atoms with van der Waals surface area (Å²) in [4.78, 5) is 12.2. The highest BCUT2D eigenvalue weighted by atomic mass is 35.5. The van der Waals surface area contributed by atoms with Crippen molar-refractivity contribution in [3.63, 3.8) is 0 Å². The van der Waals surface area contributed by atoms with Crippen molar-refractivity contribution >= 4 is 34.7 Å². The molecule has 0 amide bonds. The van der Waals surface area contributed by atoms with E-state index in [0.717, 1.165) is 66.9 Å². The SMILES string of the molecule is CN1CCC[C@H]1COc1nc(N2C[C@@H]3CC[C@@H](C2)N3)c2c(c1C#N)CN(c1cc(O)cc3ccccc13)CC2.Cl. The average molecular weight is 561 g/mol. The Balaban J connectivity index is 0.00000289. The zero-order valence-electron chi connectivity index (χ0n) is 23.0. The lowest BCUT2D eigenvalue weighted by atomic mass is 9.94. The van der Waals surface area contributed by atoms with Crippen LogP contribution in [0.15, 0.2) is 36.4 Å². The molecule has 40 heavy (non-hydrogen) atoms. The lowest BCUT2D eigenvalue weighted by Crippen LogP contribution is -2.52. The molecule has 9 heteroatoms. The molecule has 0 unspecified atom stereocenters. The molecule has 2 bridgehead atoms. The van der Waals surface area contributed by atoms with E-state index in [1.54, 1.807) is 0 Å². The van der Waals surface area contributed by atoms with Crippen LogP contribution in [0.3, 0.4) is 0 Å². The predicted molar refractivity (Wildman–Crippen MR) is 160 cm³/mol. The third kappa shape index (κ3) is 4.81. The van der Waals surface area contributed by atoms with Crippen molar-refractivity contribution < 1.29 is 9.84 Å². The summed E-state index contributed by atoms with van der Waals surface area (Å²) in [5.41, 5.74) is 3.75. The molecule has 2 N–H and O–H groups in total. The van der Waals surface area contributed by atoms with E-state index in [2.05, 4.69) is 39.2 Å². The molecule has 3 atom stereocenters. The smallest absolute Gasteiger partial charge is 0.234 e. The van der Waals surface area contributed by atoms with E-state index in [0.29, 0.717) is 42.7 Å². The highest BCUT2D eigenvalue weighted by molar-refractivity contribution is 5.95. The summed E-state index contributed by atoms with van der Waals surface area (Å²) in [5, 5.41) is 26.8. The molecule has 3 saturated heterocycles. The molecule has 0 spiro atoms. The molecular formula is C31H37ClN6O2. The normalized spacial score (nSPS) is 24.1. The number of anilines is 2. The number of fused-ring (bicyclic) bond motifs is 4. The lowest BCUT2D eigenvalue weighted by molar-refractivity contribution is 0.192. The predicted octanol–water partition coefficient (Wildman–Crippen LogP) is 4.21. The van der Waals surface area contributed by atoms with Crippen molar-refractivity contribution in [1.82, 2.24) is 15.2 Å². The number of pyridine rings is 1. The standard InChI is InChI=1S/C31H36N6O2.ClH/c1-35-11-4-6-23(35)19-39-31-27(15-32)28-18-36(29-14-24(38)13-20-5-2-3-7-25(20)29)12-10-26(28)30(34-31)37-16-21-8-9-22(17-37)33-21;/h2-3,5,7,13-14,21-23,33,38H,4,6,8-12,16-19H2,1H3;1H/t21-,22-,23-;/m0./s1. The van der Waals surface area contributed by atoms with Gasteiger partial charge in [0.1, 0.15) is 29.8 Å². The number of rotatable bonds is 5. The monoisotopic (exact) mass is 560 g/mol. The van der Waals surface area contributed by atoms with Gasteiger partial charge in [-0.05, 0) is 57.1 Å². The Bertz CT molecular complexity index is 1450. The molecule has 0 saturated carbocycles. The maximum Gasteiger partial charge on any atom is 0.234 e. The van der Waals surface area contributed by atoms with Crippen LogP contribution in [0.25, 0.3) is 10.8 Å². The number of hydrogen-bond donors (Lipinski definition) is 2. The molecule has 3 fully saturated rings. The van der Waals surface area contributed by atoms with Crippen LogP contribution in [-0.2, 0) is 13.0 Å². The van der Waals surface area contributed by atoms with Crippen LogP contribution in [0.2, 0.25) is 0 Å². The largest absolute Gasteiger partial charge is 0.508 e. The summed E-state index contributed by atoms with van der Waals surface area (Å²) in [5.74, 6) is 1.73. The molecular weight excluding hydrogens is 524 g/mol. The third-order valence-corrected chi connectivity index (χ3v) is 9.22. The second-order valence-corrected chi connectivity index (χ2v) is 11.7. The van der Waals surface area contributed by atoms with Gasteiger partial charge in [0.2, 0.25) is 5.88 Å². The summed E-state index contributed by atoms with van der Waals surface area (Å²) in [7, 11) is 2.14. The molecule has 4 aliphatic rings. The van der Waals surface area contributed by atoms with E-state index in [1.165, 1.54) is 24.8 Å². The topological polar surface area (TPSA) is 87.9 Å². The van der Waals surface area contributed by atoms with Crippen LogP contribution in [0.4, 0.5) is 11.5 Å². The fourth-order valence-corrected chi connectivity index (χ4v) is 7.15.